The molecule has 5 rings (SSSR count). The number of para-hydroxylation sites is 1. The maximum atomic E-state index is 13.5. The van der Waals surface area contributed by atoms with Crippen molar-refractivity contribution in [3.05, 3.63) is 59.7 Å². The van der Waals surface area contributed by atoms with Gasteiger partial charge in [-0.1, -0.05) is 24.3 Å². The summed E-state index contributed by atoms with van der Waals surface area (Å²) in [5, 5.41) is 1.10. The van der Waals surface area contributed by atoms with E-state index in [1.807, 2.05) is 31.1 Å². The minimum atomic E-state index is -0.799. The number of piperazine rings is 1. The molecule has 1 aliphatic rings. The minimum absolute atomic E-state index is 0.693. The highest BCUT2D eigenvalue weighted by Crippen LogP contribution is 2.32. The second kappa shape index (κ2) is 8.35. The number of H-pyrrole nitrogens is 1. The minimum Gasteiger partial charge on any atom is -0.352 e. The van der Waals surface area contributed by atoms with E-state index >= 15 is 0 Å². The third-order valence-corrected chi connectivity index (χ3v) is 6.09. The number of nitrogens with zero attached hydrogens (tertiary/aromatic N) is 5. The first-order valence-corrected chi connectivity index (χ1v) is 10.9. The van der Waals surface area contributed by atoms with Gasteiger partial charge in [0.15, 0.2) is 17.5 Å². The lowest BCUT2D eigenvalue weighted by Gasteiger charge is -2.35. The lowest BCUT2D eigenvalue weighted by molar-refractivity contribution is 0.260. The average Bonchev–Trinajstić information content (AvgIpc) is 3.18. The van der Waals surface area contributed by atoms with Crippen molar-refractivity contribution in [2.75, 3.05) is 56.6 Å². The van der Waals surface area contributed by atoms with E-state index in [0.29, 0.717) is 12.4 Å². The molecule has 0 atom stereocenters. The van der Waals surface area contributed by atoms with Crippen LogP contribution < -0.4 is 9.80 Å². The van der Waals surface area contributed by atoms with Gasteiger partial charge in [-0.25, -0.2) is 13.8 Å². The van der Waals surface area contributed by atoms with E-state index in [4.69, 9.17) is 9.97 Å². The Morgan fingerprint density at radius 3 is 2.50 bits per heavy atom. The van der Waals surface area contributed by atoms with Gasteiger partial charge in [-0.05, 0) is 30.2 Å². The van der Waals surface area contributed by atoms with Crippen LogP contribution in [0.5, 0.6) is 0 Å². The molecule has 166 valence electrons. The molecular formula is C24H26F2N6. The Balaban J connectivity index is 1.34. The predicted molar refractivity (Wildman–Crippen MR) is 124 cm³/mol. The molecule has 2 aromatic heterocycles. The van der Waals surface area contributed by atoms with Crippen LogP contribution in [0.1, 0.15) is 5.56 Å². The number of benzene rings is 2. The quantitative estimate of drug-likeness (QED) is 0.516. The summed E-state index contributed by atoms with van der Waals surface area (Å²) in [6.07, 6.45) is 0.696. The van der Waals surface area contributed by atoms with Crippen molar-refractivity contribution in [3.8, 4) is 0 Å². The molecule has 1 N–H and O–H groups in total. The second-order valence-electron chi connectivity index (χ2n) is 8.46. The molecular weight excluding hydrogens is 410 g/mol. The van der Waals surface area contributed by atoms with Gasteiger partial charge in [-0.3, -0.25) is 4.90 Å². The van der Waals surface area contributed by atoms with Gasteiger partial charge < -0.3 is 14.8 Å². The Morgan fingerprint density at radius 1 is 0.969 bits per heavy atom. The molecule has 0 amide bonds. The van der Waals surface area contributed by atoms with E-state index in [1.165, 1.54) is 12.1 Å². The first-order valence-electron chi connectivity index (χ1n) is 10.9. The Bertz CT molecular complexity index is 1260. The number of aromatic amines is 1. The number of aromatic nitrogens is 3. The summed E-state index contributed by atoms with van der Waals surface area (Å²) in [6, 6.07) is 12.3. The van der Waals surface area contributed by atoms with Gasteiger partial charge >= 0.3 is 0 Å². The average molecular weight is 437 g/mol. The van der Waals surface area contributed by atoms with Crippen LogP contribution in [0, 0.1) is 11.6 Å². The summed E-state index contributed by atoms with van der Waals surface area (Å²) in [5.41, 5.74) is 3.78. The van der Waals surface area contributed by atoms with Crippen molar-refractivity contribution in [1.29, 1.82) is 0 Å². The molecule has 4 aromatic rings. The summed E-state index contributed by atoms with van der Waals surface area (Å²) in [7, 11) is 3.91. The standard InChI is InChI=1S/C24H26F2N6/c1-30(2)24-28-21-17-5-3-4-6-20(17)27-22(21)23(29-24)32-13-11-31(12-14-32)10-9-16-7-8-18(25)19(26)15-16/h3-8,15,27H,9-14H2,1-2H3. The van der Waals surface area contributed by atoms with Crippen molar-refractivity contribution >= 4 is 33.7 Å². The van der Waals surface area contributed by atoms with Gasteiger partial charge in [-0.15, -0.1) is 0 Å². The molecule has 1 saturated heterocycles. The number of hydrogen-bond acceptors (Lipinski definition) is 5. The monoisotopic (exact) mass is 436 g/mol. The van der Waals surface area contributed by atoms with Crippen LogP contribution in [0.25, 0.3) is 21.9 Å². The fourth-order valence-corrected chi connectivity index (χ4v) is 4.28. The number of rotatable bonds is 5. The highest BCUT2D eigenvalue weighted by Gasteiger charge is 2.23. The van der Waals surface area contributed by atoms with Crippen molar-refractivity contribution in [3.63, 3.8) is 0 Å². The van der Waals surface area contributed by atoms with Gasteiger partial charge in [0.25, 0.3) is 0 Å². The summed E-state index contributed by atoms with van der Waals surface area (Å²) in [4.78, 5) is 19.8. The van der Waals surface area contributed by atoms with E-state index in [9.17, 15) is 8.78 Å². The van der Waals surface area contributed by atoms with Gasteiger partial charge in [-0.2, -0.15) is 4.98 Å². The van der Waals surface area contributed by atoms with Gasteiger partial charge in [0.1, 0.15) is 11.0 Å². The van der Waals surface area contributed by atoms with Crippen LogP contribution in [-0.4, -0.2) is 66.7 Å². The molecule has 8 heteroatoms. The Labute approximate surface area is 185 Å². The molecule has 0 bridgehead atoms. The smallest absolute Gasteiger partial charge is 0.227 e. The highest BCUT2D eigenvalue weighted by atomic mass is 19.2. The van der Waals surface area contributed by atoms with E-state index in [1.54, 1.807) is 6.07 Å². The fourth-order valence-electron chi connectivity index (χ4n) is 4.28. The summed E-state index contributed by atoms with van der Waals surface area (Å²) in [5.74, 6) is 0.0379. The zero-order chi connectivity index (χ0) is 22.2. The molecule has 0 spiro atoms. The Kier molecular flexibility index (Phi) is 5.38. The molecule has 1 aliphatic heterocycles. The SMILES string of the molecule is CN(C)c1nc(N2CCN(CCc3ccc(F)c(F)c3)CC2)c2[nH]c3ccccc3c2n1. The lowest BCUT2D eigenvalue weighted by atomic mass is 10.1. The Morgan fingerprint density at radius 2 is 1.75 bits per heavy atom. The molecule has 0 radical (unpaired) electrons. The van der Waals surface area contributed by atoms with Crippen molar-refractivity contribution in [1.82, 2.24) is 19.9 Å². The van der Waals surface area contributed by atoms with Crippen LogP contribution in [-0.2, 0) is 6.42 Å². The van der Waals surface area contributed by atoms with Crippen LogP contribution in [0.15, 0.2) is 42.5 Å². The predicted octanol–water partition coefficient (Wildman–Crippen LogP) is 3.82. The van der Waals surface area contributed by atoms with Crippen LogP contribution >= 0.6 is 0 Å². The number of hydrogen-bond donors (Lipinski definition) is 1. The first-order chi connectivity index (χ1) is 15.5. The van der Waals surface area contributed by atoms with Gasteiger partial charge in [0.2, 0.25) is 5.95 Å². The maximum Gasteiger partial charge on any atom is 0.227 e. The number of anilines is 2. The largest absolute Gasteiger partial charge is 0.352 e. The second-order valence-corrected chi connectivity index (χ2v) is 8.46. The van der Waals surface area contributed by atoms with E-state index in [2.05, 4.69) is 26.9 Å². The zero-order valence-corrected chi connectivity index (χ0v) is 18.3. The highest BCUT2D eigenvalue weighted by molar-refractivity contribution is 6.08. The molecule has 32 heavy (non-hydrogen) atoms. The third kappa shape index (κ3) is 3.86. The van der Waals surface area contributed by atoms with Crippen LogP contribution in [0.4, 0.5) is 20.5 Å². The fraction of sp³-hybridized carbons (Fsp3) is 0.333. The van der Waals surface area contributed by atoms with Crippen LogP contribution in [0.3, 0.4) is 0 Å². The molecule has 6 nitrogen and oxygen atoms in total. The number of fused-ring (bicyclic) bond motifs is 3. The molecule has 3 heterocycles. The normalized spacial score (nSPS) is 15.1. The Hall–Kier alpha value is -3.26. The van der Waals surface area contributed by atoms with Crippen molar-refractivity contribution in [2.45, 2.75) is 6.42 Å². The lowest BCUT2D eigenvalue weighted by Crippen LogP contribution is -2.47. The molecule has 2 aromatic carbocycles. The van der Waals surface area contributed by atoms with Crippen molar-refractivity contribution in [2.24, 2.45) is 0 Å². The first kappa shape index (κ1) is 20.6. The van der Waals surface area contributed by atoms with E-state index in [0.717, 1.165) is 66.0 Å². The molecule has 0 aliphatic carbocycles. The molecule has 1 fully saturated rings. The van der Waals surface area contributed by atoms with Crippen LogP contribution in [0.2, 0.25) is 0 Å². The third-order valence-electron chi connectivity index (χ3n) is 6.09. The topological polar surface area (TPSA) is 51.3 Å². The maximum absolute atomic E-state index is 13.5. The summed E-state index contributed by atoms with van der Waals surface area (Å²) < 4.78 is 26.6. The van der Waals surface area contributed by atoms with Crippen molar-refractivity contribution < 1.29 is 8.78 Å². The molecule has 0 saturated carbocycles. The summed E-state index contributed by atoms with van der Waals surface area (Å²) >= 11 is 0. The molecule has 0 unspecified atom stereocenters. The summed E-state index contributed by atoms with van der Waals surface area (Å²) in [6.45, 7) is 4.26. The number of halogens is 2. The van der Waals surface area contributed by atoms with Gasteiger partial charge in [0, 0.05) is 57.7 Å². The zero-order valence-electron chi connectivity index (χ0n) is 18.3. The van der Waals surface area contributed by atoms with Gasteiger partial charge in [0.05, 0.1) is 0 Å². The van der Waals surface area contributed by atoms with E-state index in [-0.39, 0.29) is 0 Å². The van der Waals surface area contributed by atoms with E-state index < -0.39 is 11.6 Å². The number of nitrogens with one attached hydrogen (secondary N) is 1.